The molecule has 1 aromatic heterocycles. The van der Waals surface area contributed by atoms with E-state index in [1.165, 1.54) is 16.1 Å². The lowest BCUT2D eigenvalue weighted by molar-refractivity contribution is 0.777. The van der Waals surface area contributed by atoms with Crippen molar-refractivity contribution in [2.75, 3.05) is 0 Å². The third kappa shape index (κ3) is 0.841. The molecule has 0 amide bonds. The summed E-state index contributed by atoms with van der Waals surface area (Å²) in [7, 11) is 0. The molecule has 0 fully saturated rings. The van der Waals surface area contributed by atoms with Gasteiger partial charge in [-0.25, -0.2) is 0 Å². The van der Waals surface area contributed by atoms with Crippen molar-refractivity contribution in [1.82, 2.24) is 4.57 Å². The van der Waals surface area contributed by atoms with Gasteiger partial charge in [-0.2, -0.15) is 0 Å². The Morgan fingerprint density at radius 2 is 1.93 bits per heavy atom. The summed E-state index contributed by atoms with van der Waals surface area (Å²) in [5.74, 6) is 0. The van der Waals surface area contributed by atoms with Gasteiger partial charge in [-0.15, -0.1) is 0 Å². The van der Waals surface area contributed by atoms with Crippen molar-refractivity contribution in [3.8, 4) is 0 Å². The molecule has 0 saturated heterocycles. The van der Waals surface area contributed by atoms with Gasteiger partial charge >= 0.3 is 0 Å². The van der Waals surface area contributed by atoms with Crippen molar-refractivity contribution in [3.05, 3.63) is 47.1 Å². The molecule has 2 aromatic rings. The summed E-state index contributed by atoms with van der Waals surface area (Å²) in [5.41, 5.74) is 0. The van der Waals surface area contributed by atoms with Crippen LogP contribution in [-0.4, -0.2) is 4.57 Å². The van der Waals surface area contributed by atoms with Gasteiger partial charge in [0.1, 0.15) is 0 Å². The van der Waals surface area contributed by atoms with Crippen molar-refractivity contribution in [2.45, 2.75) is 6.54 Å². The standard InChI is InChI=1S/C13H11N/c1-10-11-6-2-3-7-12(11)13-8-4-5-9-14(10)13/h2-8H,1,9H2. The third-order valence-electron chi connectivity index (χ3n) is 2.81. The molecule has 3 rings (SSSR count). The van der Waals surface area contributed by atoms with Crippen LogP contribution in [0.3, 0.4) is 0 Å². The molecule has 2 heterocycles. The maximum absolute atomic E-state index is 4.13. The van der Waals surface area contributed by atoms with Gasteiger partial charge < -0.3 is 4.57 Å². The predicted molar refractivity (Wildman–Crippen MR) is 60.3 cm³/mol. The van der Waals surface area contributed by atoms with E-state index >= 15 is 0 Å². The highest BCUT2D eigenvalue weighted by molar-refractivity contribution is 5.84. The van der Waals surface area contributed by atoms with Crippen LogP contribution in [0.25, 0.3) is 23.4 Å². The maximum Gasteiger partial charge on any atom is 0.0494 e. The van der Waals surface area contributed by atoms with E-state index in [0.717, 1.165) is 11.9 Å². The van der Waals surface area contributed by atoms with E-state index in [4.69, 9.17) is 0 Å². The van der Waals surface area contributed by atoms with Crippen LogP contribution in [0.2, 0.25) is 0 Å². The van der Waals surface area contributed by atoms with Gasteiger partial charge in [-0.1, -0.05) is 43.0 Å². The molecule has 0 aliphatic carbocycles. The van der Waals surface area contributed by atoms with Crippen LogP contribution in [-0.2, 0) is 6.54 Å². The van der Waals surface area contributed by atoms with Crippen LogP contribution in [0.1, 0.15) is 0 Å². The number of benzene rings is 1. The molecule has 68 valence electrons. The minimum atomic E-state index is 0.944. The fourth-order valence-corrected chi connectivity index (χ4v) is 2.11. The molecule has 0 saturated carbocycles. The van der Waals surface area contributed by atoms with Gasteiger partial charge in [-0.3, -0.25) is 0 Å². The fraction of sp³-hybridized carbons (Fsp3) is 0.0769. The molecule has 1 heteroatoms. The van der Waals surface area contributed by atoms with E-state index in [2.05, 4.69) is 53.6 Å². The second-order valence-corrected chi connectivity index (χ2v) is 3.58. The largest absolute Gasteiger partial charge is 0.337 e. The zero-order valence-corrected chi connectivity index (χ0v) is 7.90. The van der Waals surface area contributed by atoms with E-state index in [9.17, 15) is 0 Å². The first-order valence-electron chi connectivity index (χ1n) is 4.81. The molecule has 0 spiro atoms. The van der Waals surface area contributed by atoms with Gasteiger partial charge in [-0.05, 0) is 6.08 Å². The molecule has 1 aliphatic rings. The minimum absolute atomic E-state index is 0.944. The van der Waals surface area contributed by atoms with Crippen LogP contribution >= 0.6 is 0 Å². The minimum Gasteiger partial charge on any atom is -0.337 e. The summed E-state index contributed by atoms with van der Waals surface area (Å²) in [6.07, 6.45) is 6.42. The normalized spacial score (nSPS) is 14.0. The van der Waals surface area contributed by atoms with E-state index in [1.54, 1.807) is 0 Å². The fourth-order valence-electron chi connectivity index (χ4n) is 2.11. The average Bonchev–Trinajstić information content (AvgIpc) is 2.55. The van der Waals surface area contributed by atoms with Crippen LogP contribution in [0.5, 0.6) is 0 Å². The van der Waals surface area contributed by atoms with Gasteiger partial charge in [0.2, 0.25) is 0 Å². The van der Waals surface area contributed by atoms with Gasteiger partial charge in [0.05, 0.1) is 0 Å². The Kier molecular flexibility index (Phi) is 1.42. The van der Waals surface area contributed by atoms with Crippen LogP contribution in [0.15, 0.2) is 36.4 Å². The lowest BCUT2D eigenvalue weighted by Gasteiger charge is -2.02. The SMILES string of the molecule is C=c1c2ccccc2c2n1CC=CC=2. The summed E-state index contributed by atoms with van der Waals surface area (Å²) >= 11 is 0. The van der Waals surface area contributed by atoms with Crippen LogP contribution in [0.4, 0.5) is 0 Å². The second-order valence-electron chi connectivity index (χ2n) is 3.58. The first-order valence-corrected chi connectivity index (χ1v) is 4.81. The lowest BCUT2D eigenvalue weighted by Crippen LogP contribution is -2.26. The first-order chi connectivity index (χ1) is 6.88. The molecule has 14 heavy (non-hydrogen) atoms. The third-order valence-corrected chi connectivity index (χ3v) is 2.81. The Morgan fingerprint density at radius 1 is 1.14 bits per heavy atom. The number of fused-ring (bicyclic) bond motifs is 3. The monoisotopic (exact) mass is 181 g/mol. The zero-order chi connectivity index (χ0) is 9.54. The van der Waals surface area contributed by atoms with E-state index in [0.29, 0.717) is 0 Å². The Bertz CT molecular complexity index is 629. The molecule has 1 nitrogen and oxygen atoms in total. The highest BCUT2D eigenvalue weighted by Crippen LogP contribution is 2.06. The molecule has 0 N–H and O–H groups in total. The number of nitrogens with zero attached hydrogens (tertiary/aromatic N) is 1. The highest BCUT2D eigenvalue weighted by atomic mass is 15.0. The van der Waals surface area contributed by atoms with Crippen LogP contribution < -0.4 is 10.7 Å². The molecule has 0 bridgehead atoms. The van der Waals surface area contributed by atoms with Crippen LogP contribution in [0, 0.1) is 0 Å². The number of hydrogen-bond acceptors (Lipinski definition) is 0. The van der Waals surface area contributed by atoms with Crippen molar-refractivity contribution >= 4 is 23.4 Å². The van der Waals surface area contributed by atoms with Crippen molar-refractivity contribution in [3.63, 3.8) is 0 Å². The zero-order valence-electron chi connectivity index (χ0n) is 7.90. The summed E-state index contributed by atoms with van der Waals surface area (Å²) in [6.45, 7) is 5.07. The Labute approximate surface area is 82.3 Å². The molecule has 0 radical (unpaired) electrons. The maximum atomic E-state index is 4.13. The lowest BCUT2D eigenvalue weighted by atomic mass is 10.2. The Morgan fingerprint density at radius 3 is 2.79 bits per heavy atom. The van der Waals surface area contributed by atoms with Crippen molar-refractivity contribution in [2.24, 2.45) is 0 Å². The van der Waals surface area contributed by atoms with E-state index in [1.807, 2.05) is 0 Å². The summed E-state index contributed by atoms with van der Waals surface area (Å²) in [4.78, 5) is 0. The summed E-state index contributed by atoms with van der Waals surface area (Å²) in [5, 5.41) is 4.98. The summed E-state index contributed by atoms with van der Waals surface area (Å²) < 4.78 is 2.25. The number of aromatic nitrogens is 1. The Balaban J connectivity index is 2.65. The molecule has 0 atom stereocenters. The molecular formula is C13H11N. The topological polar surface area (TPSA) is 4.93 Å². The second kappa shape index (κ2) is 2.61. The summed E-state index contributed by atoms with van der Waals surface area (Å²) in [6, 6.07) is 8.44. The number of hydrogen-bond donors (Lipinski definition) is 0. The van der Waals surface area contributed by atoms with E-state index in [-0.39, 0.29) is 0 Å². The average molecular weight is 181 g/mol. The molecule has 1 aliphatic heterocycles. The van der Waals surface area contributed by atoms with Crippen molar-refractivity contribution in [1.29, 1.82) is 0 Å². The molecule has 0 unspecified atom stereocenters. The predicted octanol–water partition coefficient (Wildman–Crippen LogP) is 1.40. The van der Waals surface area contributed by atoms with Crippen molar-refractivity contribution < 1.29 is 0 Å². The number of allylic oxidation sites excluding steroid dienone is 2. The molecule has 1 aromatic carbocycles. The smallest absolute Gasteiger partial charge is 0.0494 e. The van der Waals surface area contributed by atoms with Gasteiger partial charge in [0, 0.05) is 28.0 Å². The Hall–Kier alpha value is -1.76. The molecular weight excluding hydrogens is 170 g/mol. The highest BCUT2D eigenvalue weighted by Gasteiger charge is 2.04. The number of rotatable bonds is 0. The quantitative estimate of drug-likeness (QED) is 0.579. The first kappa shape index (κ1) is 7.63. The van der Waals surface area contributed by atoms with E-state index < -0.39 is 0 Å². The van der Waals surface area contributed by atoms with Gasteiger partial charge in [0.15, 0.2) is 0 Å². The van der Waals surface area contributed by atoms with Gasteiger partial charge in [0.25, 0.3) is 0 Å².